The van der Waals surface area contributed by atoms with E-state index in [4.69, 9.17) is 0 Å². The molecule has 0 aromatic carbocycles. The summed E-state index contributed by atoms with van der Waals surface area (Å²) in [6, 6.07) is 0.483. The van der Waals surface area contributed by atoms with Crippen LogP contribution in [0.1, 0.15) is 26.2 Å². The molecule has 1 fully saturated rings. The van der Waals surface area contributed by atoms with Crippen molar-refractivity contribution in [2.45, 2.75) is 32.2 Å². The maximum Gasteiger partial charge on any atom is 0.209 e. The van der Waals surface area contributed by atoms with E-state index in [1.54, 1.807) is 0 Å². The Balaban J connectivity index is 2.38. The first-order chi connectivity index (χ1) is 4.34. The number of nitrogens with zero attached hydrogens (tertiary/aromatic N) is 1. The number of hydrogen-bond acceptors (Lipinski definition) is 1. The van der Waals surface area contributed by atoms with E-state index in [1.807, 2.05) is 4.90 Å². The first kappa shape index (κ1) is 6.59. The molecule has 0 aromatic rings. The number of carbonyl (C=O) groups excluding carboxylic acids is 1. The first-order valence-corrected chi connectivity index (χ1v) is 3.55. The zero-order valence-electron chi connectivity index (χ0n) is 5.84. The van der Waals surface area contributed by atoms with Gasteiger partial charge in [-0.1, -0.05) is 0 Å². The number of likely N-dealkylation sites (tertiary alicyclic amines) is 1. The van der Waals surface area contributed by atoms with E-state index in [1.165, 1.54) is 19.3 Å². The minimum atomic E-state index is 0.483. The van der Waals surface area contributed by atoms with Gasteiger partial charge in [0.05, 0.1) is 0 Å². The van der Waals surface area contributed by atoms with Crippen LogP contribution in [0.15, 0.2) is 0 Å². The lowest BCUT2D eigenvalue weighted by atomic mass is 10.1. The average molecular weight is 127 g/mol. The molecule has 2 heteroatoms. The van der Waals surface area contributed by atoms with Crippen molar-refractivity contribution in [1.82, 2.24) is 4.90 Å². The van der Waals surface area contributed by atoms with Gasteiger partial charge in [-0.15, -0.1) is 0 Å². The Morgan fingerprint density at radius 2 is 2.33 bits per heavy atom. The van der Waals surface area contributed by atoms with Gasteiger partial charge in [0.15, 0.2) is 0 Å². The van der Waals surface area contributed by atoms with Gasteiger partial charge in [0.25, 0.3) is 0 Å². The Kier molecular flexibility index (Phi) is 2.09. The number of piperidine rings is 1. The third-order valence-corrected chi connectivity index (χ3v) is 1.99. The van der Waals surface area contributed by atoms with E-state index in [9.17, 15) is 4.79 Å². The molecule has 0 aliphatic carbocycles. The summed E-state index contributed by atoms with van der Waals surface area (Å²) in [5, 5.41) is 0. The lowest BCUT2D eigenvalue weighted by Crippen LogP contribution is -2.35. The van der Waals surface area contributed by atoms with Crippen LogP contribution in [0.5, 0.6) is 0 Å². The summed E-state index contributed by atoms with van der Waals surface area (Å²) >= 11 is 0. The molecule has 1 atom stereocenters. The summed E-state index contributed by atoms with van der Waals surface area (Å²) in [5.74, 6) is 0. The van der Waals surface area contributed by atoms with Crippen LogP contribution in [0.4, 0.5) is 0 Å². The van der Waals surface area contributed by atoms with Crippen LogP contribution in [0.3, 0.4) is 0 Å². The van der Waals surface area contributed by atoms with E-state index < -0.39 is 0 Å². The molecule has 1 aliphatic heterocycles. The fourth-order valence-corrected chi connectivity index (χ4v) is 1.28. The molecule has 0 aromatic heterocycles. The van der Waals surface area contributed by atoms with Crippen LogP contribution in [-0.4, -0.2) is 23.9 Å². The van der Waals surface area contributed by atoms with Crippen molar-refractivity contribution in [3.8, 4) is 0 Å². The Morgan fingerprint density at radius 1 is 1.56 bits per heavy atom. The zero-order chi connectivity index (χ0) is 6.69. The molecule has 9 heavy (non-hydrogen) atoms. The molecule has 52 valence electrons. The highest BCUT2D eigenvalue weighted by Gasteiger charge is 2.14. The van der Waals surface area contributed by atoms with E-state index >= 15 is 0 Å². The van der Waals surface area contributed by atoms with Crippen LogP contribution >= 0.6 is 0 Å². The van der Waals surface area contributed by atoms with Crippen molar-refractivity contribution < 1.29 is 4.79 Å². The van der Waals surface area contributed by atoms with Gasteiger partial charge >= 0.3 is 0 Å². The molecule has 2 nitrogen and oxygen atoms in total. The molecule has 1 amide bonds. The van der Waals surface area contributed by atoms with Crippen LogP contribution in [0.2, 0.25) is 0 Å². The standard InChI is InChI=1S/C7H13NO/c1-7-4-2-3-5-8(7)6-9/h6-7H,2-5H2,1H3/t7-/m1/s1. The number of rotatable bonds is 1. The highest BCUT2D eigenvalue weighted by molar-refractivity contribution is 5.47. The largest absolute Gasteiger partial charge is 0.343 e. The summed E-state index contributed by atoms with van der Waals surface area (Å²) in [6.07, 6.45) is 4.61. The summed E-state index contributed by atoms with van der Waals surface area (Å²) in [5.41, 5.74) is 0. The second kappa shape index (κ2) is 2.85. The van der Waals surface area contributed by atoms with Crippen LogP contribution in [0, 0.1) is 0 Å². The van der Waals surface area contributed by atoms with Crippen molar-refractivity contribution in [2.24, 2.45) is 0 Å². The SMILES string of the molecule is C[C@@H]1CCCCN1C=O. The van der Waals surface area contributed by atoms with E-state index in [-0.39, 0.29) is 0 Å². The van der Waals surface area contributed by atoms with Gasteiger partial charge < -0.3 is 4.90 Å². The van der Waals surface area contributed by atoms with E-state index in [0.717, 1.165) is 13.0 Å². The molecule has 0 unspecified atom stereocenters. The van der Waals surface area contributed by atoms with Crippen LogP contribution in [-0.2, 0) is 4.79 Å². The zero-order valence-corrected chi connectivity index (χ0v) is 5.84. The van der Waals surface area contributed by atoms with E-state index in [0.29, 0.717) is 6.04 Å². The molecule has 0 saturated carbocycles. The second-order valence-electron chi connectivity index (χ2n) is 2.69. The molecule has 0 N–H and O–H groups in total. The van der Waals surface area contributed by atoms with Gasteiger partial charge in [0, 0.05) is 12.6 Å². The summed E-state index contributed by atoms with van der Waals surface area (Å²) < 4.78 is 0. The molecular formula is C7H13NO. The van der Waals surface area contributed by atoms with Gasteiger partial charge in [-0.2, -0.15) is 0 Å². The summed E-state index contributed by atoms with van der Waals surface area (Å²) in [7, 11) is 0. The topological polar surface area (TPSA) is 20.3 Å². The van der Waals surface area contributed by atoms with E-state index in [2.05, 4.69) is 6.92 Å². The third kappa shape index (κ3) is 1.44. The maximum atomic E-state index is 10.3. The minimum absolute atomic E-state index is 0.483. The third-order valence-electron chi connectivity index (χ3n) is 1.99. The minimum Gasteiger partial charge on any atom is -0.343 e. The van der Waals surface area contributed by atoms with Gasteiger partial charge in [0.2, 0.25) is 6.41 Å². The summed E-state index contributed by atoms with van der Waals surface area (Å²) in [4.78, 5) is 12.2. The molecule has 0 radical (unpaired) electrons. The monoisotopic (exact) mass is 127 g/mol. The van der Waals surface area contributed by atoms with Crippen molar-refractivity contribution >= 4 is 6.41 Å². The van der Waals surface area contributed by atoms with Crippen molar-refractivity contribution in [3.63, 3.8) is 0 Å². The molecule has 0 bridgehead atoms. The fourth-order valence-electron chi connectivity index (χ4n) is 1.28. The lowest BCUT2D eigenvalue weighted by Gasteiger charge is -2.29. The predicted molar refractivity (Wildman–Crippen MR) is 36.1 cm³/mol. The summed E-state index contributed by atoms with van der Waals surface area (Å²) in [6.45, 7) is 3.07. The van der Waals surface area contributed by atoms with Gasteiger partial charge in [-0.05, 0) is 26.2 Å². The fraction of sp³-hybridized carbons (Fsp3) is 0.857. The molecule has 1 rings (SSSR count). The maximum absolute atomic E-state index is 10.3. The second-order valence-corrected chi connectivity index (χ2v) is 2.69. The highest BCUT2D eigenvalue weighted by atomic mass is 16.1. The van der Waals surface area contributed by atoms with Gasteiger partial charge in [-0.25, -0.2) is 0 Å². The number of carbonyl (C=O) groups is 1. The number of hydrogen-bond donors (Lipinski definition) is 0. The first-order valence-electron chi connectivity index (χ1n) is 3.55. The quantitative estimate of drug-likeness (QED) is 0.481. The predicted octanol–water partition coefficient (Wildman–Crippen LogP) is 1.02. The van der Waals surface area contributed by atoms with Crippen LogP contribution in [0.25, 0.3) is 0 Å². The van der Waals surface area contributed by atoms with Gasteiger partial charge in [-0.3, -0.25) is 4.79 Å². The van der Waals surface area contributed by atoms with Crippen molar-refractivity contribution in [2.75, 3.05) is 6.54 Å². The lowest BCUT2D eigenvalue weighted by molar-refractivity contribution is -0.120. The Labute approximate surface area is 55.8 Å². The van der Waals surface area contributed by atoms with Crippen molar-refractivity contribution in [3.05, 3.63) is 0 Å². The molecule has 1 heterocycles. The van der Waals surface area contributed by atoms with Gasteiger partial charge in [0.1, 0.15) is 0 Å². The van der Waals surface area contributed by atoms with Crippen molar-refractivity contribution in [1.29, 1.82) is 0 Å². The molecule has 1 saturated heterocycles. The molecule has 1 aliphatic rings. The van der Waals surface area contributed by atoms with Crippen LogP contribution < -0.4 is 0 Å². The average Bonchev–Trinajstić information content (AvgIpc) is 1.89. The number of amides is 1. The normalized spacial score (nSPS) is 28.1. The Bertz CT molecular complexity index is 103. The molecular weight excluding hydrogens is 114 g/mol. The molecule has 0 spiro atoms. The smallest absolute Gasteiger partial charge is 0.209 e. The highest BCUT2D eigenvalue weighted by Crippen LogP contribution is 2.13. The Hall–Kier alpha value is -0.530. The Morgan fingerprint density at radius 3 is 2.78 bits per heavy atom.